The van der Waals surface area contributed by atoms with Gasteiger partial charge in [-0.1, -0.05) is 52.0 Å². The number of nitrogens with zero attached hydrogens (tertiary/aromatic N) is 2. The average molecular weight is 382 g/mol. The zero-order valence-electron chi connectivity index (χ0n) is 17.8. The van der Waals surface area contributed by atoms with E-state index in [1.54, 1.807) is 19.0 Å². The molecule has 1 fully saturated rings. The molecule has 0 aliphatic heterocycles. The van der Waals surface area contributed by atoms with Crippen molar-refractivity contribution in [2.45, 2.75) is 58.3 Å². The van der Waals surface area contributed by atoms with E-state index in [4.69, 9.17) is 0 Å². The molecule has 0 spiro atoms. The number of anilines is 1. The van der Waals surface area contributed by atoms with E-state index in [2.05, 4.69) is 61.9 Å². The summed E-state index contributed by atoms with van der Waals surface area (Å²) in [5, 5.41) is 0. The maximum atomic E-state index is 13.0. The van der Waals surface area contributed by atoms with Crippen LogP contribution in [0.1, 0.15) is 74.5 Å². The molecule has 150 valence electrons. The Kier molecular flexibility index (Phi) is 5.22. The highest BCUT2D eigenvalue weighted by molar-refractivity contribution is 5.95. The molecule has 0 radical (unpaired) electrons. The molecule has 1 N–H and O–H groups in total. The van der Waals surface area contributed by atoms with Gasteiger partial charge >= 0.3 is 0 Å². The molecule has 2 aromatic rings. The summed E-state index contributed by atoms with van der Waals surface area (Å²) < 4.78 is 0. The first-order chi connectivity index (χ1) is 13.0. The van der Waals surface area contributed by atoms with E-state index in [1.807, 2.05) is 0 Å². The van der Waals surface area contributed by atoms with Gasteiger partial charge in [0.1, 0.15) is 5.69 Å². The summed E-state index contributed by atoms with van der Waals surface area (Å²) in [5.41, 5.74) is 2.67. The third kappa shape index (κ3) is 4.34. The van der Waals surface area contributed by atoms with E-state index in [-0.39, 0.29) is 33.8 Å². The van der Waals surface area contributed by atoms with Crippen molar-refractivity contribution in [2.75, 3.05) is 19.0 Å². The van der Waals surface area contributed by atoms with Crippen molar-refractivity contribution in [3.63, 3.8) is 0 Å². The first kappa shape index (κ1) is 20.3. The van der Waals surface area contributed by atoms with E-state index in [1.165, 1.54) is 17.2 Å². The minimum absolute atomic E-state index is 0.0766. The van der Waals surface area contributed by atoms with Crippen LogP contribution < -0.4 is 10.5 Å². The number of carbonyl (C=O) groups excluding carboxylic acids is 1. The lowest BCUT2D eigenvalue weighted by molar-refractivity contribution is 0.0957. The molecule has 0 saturated heterocycles. The average Bonchev–Trinajstić information content (AvgIpc) is 3.36. The van der Waals surface area contributed by atoms with Gasteiger partial charge in [-0.05, 0) is 40.7 Å². The molecule has 1 aliphatic carbocycles. The third-order valence-corrected chi connectivity index (χ3v) is 5.89. The van der Waals surface area contributed by atoms with Crippen molar-refractivity contribution in [3.05, 3.63) is 57.5 Å². The molecular formula is C23H31N3O2. The number of nitrogens with one attached hydrogen (secondary N) is 1. The van der Waals surface area contributed by atoms with Gasteiger partial charge < -0.3 is 4.90 Å². The monoisotopic (exact) mass is 381 g/mol. The second-order valence-electron chi connectivity index (χ2n) is 9.55. The molecule has 3 rings (SSSR count). The second kappa shape index (κ2) is 7.19. The highest BCUT2D eigenvalue weighted by Crippen LogP contribution is 2.57. The molecule has 5 heteroatoms. The number of ketones is 1. The Morgan fingerprint density at radius 1 is 1.21 bits per heavy atom. The normalized spacial score (nSPS) is 16.5. The minimum atomic E-state index is -0.300. The Morgan fingerprint density at radius 3 is 2.32 bits per heavy atom. The van der Waals surface area contributed by atoms with Crippen LogP contribution >= 0.6 is 0 Å². The van der Waals surface area contributed by atoms with E-state index in [0.717, 1.165) is 12.8 Å². The van der Waals surface area contributed by atoms with Crippen LogP contribution in [0.3, 0.4) is 0 Å². The molecule has 0 bridgehead atoms. The number of aromatic amines is 1. The van der Waals surface area contributed by atoms with Crippen LogP contribution in [-0.2, 0) is 5.41 Å². The standard InChI is InChI=1S/C23H31N3O2/c1-22(2,3)16-9-7-15(8-10-16)17(23(4)11-12-23)13-19(27)18-14-20(28)25-21(24-18)26(5)6/h7-10,14,17H,11-13H2,1-6H3,(H,24,25,28)/t17-/m0/s1. The van der Waals surface area contributed by atoms with Crippen molar-refractivity contribution >= 4 is 11.7 Å². The quantitative estimate of drug-likeness (QED) is 0.758. The van der Waals surface area contributed by atoms with Gasteiger partial charge in [0.05, 0.1) is 0 Å². The molecule has 0 unspecified atom stereocenters. The SMILES string of the molecule is CN(C)c1nc(C(=O)C[C@@H](c2ccc(C(C)(C)C)cc2)C2(C)CC2)cc(=O)[nH]1. The molecule has 1 aromatic heterocycles. The summed E-state index contributed by atoms with van der Waals surface area (Å²) >= 11 is 0. The first-order valence-corrected chi connectivity index (χ1v) is 9.92. The number of aromatic nitrogens is 2. The fourth-order valence-corrected chi connectivity index (χ4v) is 3.62. The topological polar surface area (TPSA) is 66.1 Å². The van der Waals surface area contributed by atoms with Crippen molar-refractivity contribution in [3.8, 4) is 0 Å². The molecule has 5 nitrogen and oxygen atoms in total. The lowest BCUT2D eigenvalue weighted by Gasteiger charge is -2.25. The van der Waals surface area contributed by atoms with Gasteiger partial charge in [0, 0.05) is 26.6 Å². The van der Waals surface area contributed by atoms with Crippen molar-refractivity contribution in [1.29, 1.82) is 0 Å². The van der Waals surface area contributed by atoms with E-state index in [9.17, 15) is 9.59 Å². The summed E-state index contributed by atoms with van der Waals surface area (Å²) in [4.78, 5) is 33.7. The van der Waals surface area contributed by atoms with Gasteiger partial charge in [-0.3, -0.25) is 14.6 Å². The molecule has 28 heavy (non-hydrogen) atoms. The van der Waals surface area contributed by atoms with Gasteiger partial charge in [-0.25, -0.2) is 4.98 Å². The smallest absolute Gasteiger partial charge is 0.252 e. The highest BCUT2D eigenvalue weighted by atomic mass is 16.1. The van der Waals surface area contributed by atoms with Gasteiger partial charge in [-0.2, -0.15) is 0 Å². The number of carbonyl (C=O) groups is 1. The number of rotatable bonds is 6. The van der Waals surface area contributed by atoms with Crippen LogP contribution in [0.2, 0.25) is 0 Å². The van der Waals surface area contributed by atoms with E-state index < -0.39 is 0 Å². The van der Waals surface area contributed by atoms with Gasteiger partial charge in [0.15, 0.2) is 5.78 Å². The fourth-order valence-electron chi connectivity index (χ4n) is 3.62. The highest BCUT2D eigenvalue weighted by Gasteiger charge is 2.46. The van der Waals surface area contributed by atoms with Gasteiger partial charge in [0.25, 0.3) is 5.56 Å². The van der Waals surface area contributed by atoms with Gasteiger partial charge in [-0.15, -0.1) is 0 Å². The van der Waals surface area contributed by atoms with E-state index in [0.29, 0.717) is 12.4 Å². The maximum Gasteiger partial charge on any atom is 0.252 e. The number of Topliss-reactive ketones (excluding diaryl/α,β-unsaturated/α-hetero) is 1. The van der Waals surface area contributed by atoms with Crippen molar-refractivity contribution < 1.29 is 4.79 Å². The zero-order valence-corrected chi connectivity index (χ0v) is 17.8. The first-order valence-electron chi connectivity index (χ1n) is 9.92. The van der Waals surface area contributed by atoms with E-state index >= 15 is 0 Å². The van der Waals surface area contributed by atoms with Crippen LogP contribution in [0.25, 0.3) is 0 Å². The third-order valence-electron chi connectivity index (χ3n) is 5.89. The number of hydrogen-bond acceptors (Lipinski definition) is 4. The maximum absolute atomic E-state index is 13.0. The summed E-state index contributed by atoms with van der Waals surface area (Å²) in [6.45, 7) is 8.85. The number of benzene rings is 1. The molecular weight excluding hydrogens is 350 g/mol. The van der Waals surface area contributed by atoms with Crippen LogP contribution in [-0.4, -0.2) is 29.8 Å². The Bertz CT molecular complexity index is 916. The molecule has 1 saturated carbocycles. The Labute approximate surface area is 167 Å². The van der Waals surface area contributed by atoms with Gasteiger partial charge in [0.2, 0.25) is 5.95 Å². The number of H-pyrrole nitrogens is 1. The van der Waals surface area contributed by atoms with Crippen molar-refractivity contribution in [1.82, 2.24) is 9.97 Å². The summed E-state index contributed by atoms with van der Waals surface area (Å²) in [6, 6.07) is 9.99. The number of hydrogen-bond donors (Lipinski definition) is 1. The summed E-state index contributed by atoms with van der Waals surface area (Å²) in [5.74, 6) is 0.463. The molecule has 1 aromatic carbocycles. The molecule has 1 aliphatic rings. The zero-order chi connectivity index (χ0) is 20.7. The second-order valence-corrected chi connectivity index (χ2v) is 9.55. The Hall–Kier alpha value is -2.43. The fraction of sp³-hybridized carbons (Fsp3) is 0.522. The van der Waals surface area contributed by atoms with Crippen LogP contribution in [0.15, 0.2) is 35.1 Å². The molecule has 1 atom stereocenters. The predicted octanol–water partition coefficient (Wildman–Crippen LogP) is 4.29. The molecule has 1 heterocycles. The molecule has 0 amide bonds. The Balaban J connectivity index is 1.88. The summed E-state index contributed by atoms with van der Waals surface area (Å²) in [6.07, 6.45) is 2.62. The lowest BCUT2D eigenvalue weighted by Crippen LogP contribution is -2.22. The van der Waals surface area contributed by atoms with Crippen LogP contribution in [0.5, 0.6) is 0 Å². The van der Waals surface area contributed by atoms with Crippen LogP contribution in [0, 0.1) is 5.41 Å². The largest absolute Gasteiger partial charge is 0.348 e. The van der Waals surface area contributed by atoms with Crippen molar-refractivity contribution in [2.24, 2.45) is 5.41 Å². The predicted molar refractivity (Wildman–Crippen MR) is 113 cm³/mol. The minimum Gasteiger partial charge on any atom is -0.348 e. The lowest BCUT2D eigenvalue weighted by atomic mass is 9.79. The van der Waals surface area contributed by atoms with Crippen LogP contribution in [0.4, 0.5) is 5.95 Å². The summed E-state index contributed by atoms with van der Waals surface area (Å²) in [7, 11) is 3.58. The Morgan fingerprint density at radius 2 is 1.82 bits per heavy atom.